The third-order valence-corrected chi connectivity index (χ3v) is 3.24. The van der Waals surface area contributed by atoms with Gasteiger partial charge < -0.3 is 10.1 Å². The Morgan fingerprint density at radius 2 is 1.73 bits per heavy atom. The molecule has 2 nitrogen and oxygen atoms in total. The Balaban J connectivity index is 2.26. The van der Waals surface area contributed by atoms with Crippen LogP contribution in [0.25, 0.3) is 11.1 Å². The molecule has 0 aliphatic carbocycles. The Hall–Kier alpha value is -1.94. The van der Waals surface area contributed by atoms with Crippen molar-refractivity contribution in [3.8, 4) is 16.9 Å². The molecule has 0 aliphatic rings. The zero-order chi connectivity index (χ0) is 15.9. The van der Waals surface area contributed by atoms with Gasteiger partial charge in [-0.3, -0.25) is 0 Å². The van der Waals surface area contributed by atoms with Gasteiger partial charge in [0.15, 0.2) is 0 Å². The summed E-state index contributed by atoms with van der Waals surface area (Å²) in [5.41, 5.74) is 2.87. The summed E-state index contributed by atoms with van der Waals surface area (Å²) in [6.45, 7) is 4.08. The van der Waals surface area contributed by atoms with Gasteiger partial charge in [-0.1, -0.05) is 56.3 Å². The van der Waals surface area contributed by atoms with E-state index in [9.17, 15) is 8.78 Å². The Kier molecular flexibility index (Phi) is 5.90. The standard InChI is InChI=1S/C18H21F2NO/c1-13(2)21-11-16-9-8-15(14-6-4-3-5-7-14)10-17(16)22-12-18(19)20/h3-10,13,18,21H,11-12H2,1-2H3. The van der Waals surface area contributed by atoms with Gasteiger partial charge in [-0.2, -0.15) is 0 Å². The molecule has 0 spiro atoms. The number of nitrogens with one attached hydrogen (secondary N) is 1. The van der Waals surface area contributed by atoms with Gasteiger partial charge in [-0.25, -0.2) is 8.78 Å². The highest BCUT2D eigenvalue weighted by molar-refractivity contribution is 5.66. The van der Waals surface area contributed by atoms with Crippen molar-refractivity contribution in [3.05, 3.63) is 54.1 Å². The molecule has 0 aromatic heterocycles. The van der Waals surface area contributed by atoms with Crippen LogP contribution >= 0.6 is 0 Å². The Bertz CT molecular complexity index is 585. The maximum Gasteiger partial charge on any atom is 0.272 e. The lowest BCUT2D eigenvalue weighted by atomic mass is 10.0. The summed E-state index contributed by atoms with van der Waals surface area (Å²) in [6, 6.07) is 15.9. The van der Waals surface area contributed by atoms with Crippen molar-refractivity contribution in [3.63, 3.8) is 0 Å². The van der Waals surface area contributed by atoms with Gasteiger partial charge in [0.05, 0.1) is 0 Å². The monoisotopic (exact) mass is 305 g/mol. The number of rotatable bonds is 7. The van der Waals surface area contributed by atoms with Crippen molar-refractivity contribution >= 4 is 0 Å². The van der Waals surface area contributed by atoms with Crippen LogP contribution < -0.4 is 10.1 Å². The predicted octanol–water partition coefficient (Wildman–Crippen LogP) is 4.50. The quantitative estimate of drug-likeness (QED) is 0.813. The minimum atomic E-state index is -2.48. The molecule has 22 heavy (non-hydrogen) atoms. The molecule has 0 bridgehead atoms. The SMILES string of the molecule is CC(C)NCc1ccc(-c2ccccc2)cc1OCC(F)F. The molecule has 0 aliphatic heterocycles. The number of ether oxygens (including phenoxy) is 1. The molecular formula is C18H21F2NO. The maximum atomic E-state index is 12.4. The van der Waals surface area contributed by atoms with Crippen LogP contribution in [0.4, 0.5) is 8.78 Å². The molecule has 2 aromatic carbocycles. The maximum absolute atomic E-state index is 12.4. The number of hydrogen-bond acceptors (Lipinski definition) is 2. The van der Waals surface area contributed by atoms with Crippen LogP contribution in [0.5, 0.6) is 5.75 Å². The normalized spacial score (nSPS) is 11.2. The first-order valence-electron chi connectivity index (χ1n) is 7.39. The Labute approximate surface area is 130 Å². The molecule has 4 heteroatoms. The van der Waals surface area contributed by atoms with Gasteiger partial charge in [0.25, 0.3) is 6.43 Å². The van der Waals surface area contributed by atoms with Crippen LogP contribution in [0.1, 0.15) is 19.4 Å². The summed E-state index contributed by atoms with van der Waals surface area (Å²) in [5.74, 6) is 0.509. The first-order valence-corrected chi connectivity index (χ1v) is 7.39. The average Bonchev–Trinajstić information content (AvgIpc) is 2.52. The lowest BCUT2D eigenvalue weighted by Crippen LogP contribution is -2.22. The van der Waals surface area contributed by atoms with Gasteiger partial charge in [0, 0.05) is 18.2 Å². The van der Waals surface area contributed by atoms with Crippen molar-refractivity contribution < 1.29 is 13.5 Å². The van der Waals surface area contributed by atoms with Gasteiger partial charge in [-0.05, 0) is 17.2 Å². The van der Waals surface area contributed by atoms with Crippen LogP contribution in [0.3, 0.4) is 0 Å². The molecule has 0 atom stereocenters. The van der Waals surface area contributed by atoms with E-state index in [2.05, 4.69) is 5.32 Å². The van der Waals surface area contributed by atoms with Gasteiger partial charge in [0.2, 0.25) is 0 Å². The van der Waals surface area contributed by atoms with E-state index in [-0.39, 0.29) is 0 Å². The van der Waals surface area contributed by atoms with Crippen molar-refractivity contribution in [2.45, 2.75) is 32.9 Å². The fourth-order valence-electron chi connectivity index (χ4n) is 2.11. The highest BCUT2D eigenvalue weighted by Crippen LogP contribution is 2.27. The Morgan fingerprint density at radius 3 is 2.36 bits per heavy atom. The molecule has 0 fully saturated rings. The van der Waals surface area contributed by atoms with Crippen molar-refractivity contribution in [1.82, 2.24) is 5.32 Å². The van der Waals surface area contributed by atoms with Crippen LogP contribution in [0, 0.1) is 0 Å². The highest BCUT2D eigenvalue weighted by atomic mass is 19.3. The highest BCUT2D eigenvalue weighted by Gasteiger charge is 2.10. The van der Waals surface area contributed by atoms with E-state index >= 15 is 0 Å². The number of alkyl halides is 2. The first kappa shape index (κ1) is 16.4. The molecule has 0 amide bonds. The molecule has 0 unspecified atom stereocenters. The zero-order valence-corrected chi connectivity index (χ0v) is 12.9. The summed E-state index contributed by atoms with van der Waals surface area (Å²) in [6.07, 6.45) is -2.48. The van der Waals surface area contributed by atoms with Crippen LogP contribution in [-0.2, 0) is 6.54 Å². The van der Waals surface area contributed by atoms with E-state index in [1.165, 1.54) is 0 Å². The van der Waals surface area contributed by atoms with Gasteiger partial charge in [0.1, 0.15) is 12.4 Å². The number of hydrogen-bond donors (Lipinski definition) is 1. The minimum absolute atomic E-state index is 0.316. The third kappa shape index (κ3) is 4.81. The second kappa shape index (κ2) is 7.90. The fourth-order valence-corrected chi connectivity index (χ4v) is 2.11. The molecule has 2 rings (SSSR count). The second-order valence-electron chi connectivity index (χ2n) is 5.43. The predicted molar refractivity (Wildman–Crippen MR) is 85.4 cm³/mol. The largest absolute Gasteiger partial charge is 0.487 e. The van der Waals surface area contributed by atoms with Crippen molar-refractivity contribution in [2.75, 3.05) is 6.61 Å². The molecule has 0 saturated carbocycles. The number of halogens is 2. The van der Waals surface area contributed by atoms with E-state index in [1.54, 1.807) is 0 Å². The zero-order valence-electron chi connectivity index (χ0n) is 12.9. The smallest absolute Gasteiger partial charge is 0.272 e. The van der Waals surface area contributed by atoms with Crippen LogP contribution in [0.2, 0.25) is 0 Å². The van der Waals surface area contributed by atoms with Crippen LogP contribution in [0.15, 0.2) is 48.5 Å². The number of benzene rings is 2. The summed E-state index contributed by atoms with van der Waals surface area (Å²) in [7, 11) is 0. The van der Waals surface area contributed by atoms with E-state index in [0.29, 0.717) is 18.3 Å². The molecule has 0 saturated heterocycles. The molecule has 1 N–H and O–H groups in total. The van der Waals surface area contributed by atoms with E-state index in [1.807, 2.05) is 62.4 Å². The molecule has 2 aromatic rings. The summed E-state index contributed by atoms with van der Waals surface area (Å²) < 4.78 is 30.2. The minimum Gasteiger partial charge on any atom is -0.487 e. The van der Waals surface area contributed by atoms with Crippen molar-refractivity contribution in [2.24, 2.45) is 0 Å². The first-order chi connectivity index (χ1) is 10.6. The molecular weight excluding hydrogens is 284 g/mol. The van der Waals surface area contributed by atoms with E-state index in [4.69, 9.17) is 4.74 Å². The van der Waals surface area contributed by atoms with E-state index < -0.39 is 13.0 Å². The summed E-state index contributed by atoms with van der Waals surface area (Å²) >= 11 is 0. The fraction of sp³-hybridized carbons (Fsp3) is 0.333. The molecule has 0 heterocycles. The average molecular weight is 305 g/mol. The Morgan fingerprint density at radius 1 is 1.00 bits per heavy atom. The molecule has 0 radical (unpaired) electrons. The second-order valence-corrected chi connectivity index (χ2v) is 5.43. The van der Waals surface area contributed by atoms with Crippen LogP contribution in [-0.4, -0.2) is 19.1 Å². The lowest BCUT2D eigenvalue weighted by Gasteiger charge is -2.15. The lowest BCUT2D eigenvalue weighted by molar-refractivity contribution is 0.0814. The van der Waals surface area contributed by atoms with Gasteiger partial charge >= 0.3 is 0 Å². The molecule has 118 valence electrons. The summed E-state index contributed by atoms with van der Waals surface area (Å²) in [4.78, 5) is 0. The summed E-state index contributed by atoms with van der Waals surface area (Å²) in [5, 5.41) is 3.28. The van der Waals surface area contributed by atoms with Crippen molar-refractivity contribution in [1.29, 1.82) is 0 Å². The van der Waals surface area contributed by atoms with Gasteiger partial charge in [-0.15, -0.1) is 0 Å². The third-order valence-electron chi connectivity index (χ3n) is 3.24. The van der Waals surface area contributed by atoms with E-state index in [0.717, 1.165) is 16.7 Å². The topological polar surface area (TPSA) is 21.3 Å².